The van der Waals surface area contributed by atoms with Crippen LogP contribution >= 0.6 is 11.6 Å². The first kappa shape index (κ1) is 19.4. The van der Waals surface area contributed by atoms with Crippen LogP contribution in [0.3, 0.4) is 0 Å². The van der Waals surface area contributed by atoms with Crippen molar-refractivity contribution >= 4 is 23.5 Å². The number of tetrazole rings is 1. The average Bonchev–Trinajstić information content (AvgIpc) is 3.11. The van der Waals surface area contributed by atoms with Crippen molar-refractivity contribution in [3.05, 3.63) is 55.8 Å². The van der Waals surface area contributed by atoms with Crippen molar-refractivity contribution in [3.8, 4) is 5.69 Å². The van der Waals surface area contributed by atoms with Crippen LogP contribution in [0.2, 0.25) is 5.02 Å². The number of aromatic nitrogens is 7. The summed E-state index contributed by atoms with van der Waals surface area (Å²) in [5.74, 6) is -0.734. The largest absolute Gasteiger partial charge is 0.351 e. The molecule has 0 atom stereocenters. The van der Waals surface area contributed by atoms with E-state index in [1.54, 1.807) is 0 Å². The van der Waals surface area contributed by atoms with Crippen LogP contribution in [0.25, 0.3) is 5.69 Å². The summed E-state index contributed by atoms with van der Waals surface area (Å²) in [7, 11) is 1.34. The average molecular weight is 405 g/mol. The molecular weight excluding hydrogens is 388 g/mol. The van der Waals surface area contributed by atoms with E-state index in [0.29, 0.717) is 11.6 Å². The van der Waals surface area contributed by atoms with Crippen molar-refractivity contribution in [1.29, 1.82) is 0 Å². The Morgan fingerprint density at radius 3 is 2.61 bits per heavy atom. The summed E-state index contributed by atoms with van der Waals surface area (Å²) in [4.78, 5) is 37.8. The molecule has 146 valence electrons. The highest BCUT2D eigenvalue weighted by atomic mass is 35.5. The van der Waals surface area contributed by atoms with Crippen LogP contribution in [0, 0.1) is 0 Å². The highest BCUT2D eigenvalue weighted by Crippen LogP contribution is 2.11. The van der Waals surface area contributed by atoms with Crippen LogP contribution in [-0.4, -0.2) is 40.5 Å². The molecule has 0 radical (unpaired) electrons. The summed E-state index contributed by atoms with van der Waals surface area (Å²) in [6.07, 6.45) is 1.73. The Hall–Kier alpha value is -3.34. The van der Waals surface area contributed by atoms with Gasteiger partial charge in [-0.2, -0.15) is 5.10 Å². The lowest BCUT2D eigenvalue weighted by Crippen LogP contribution is -2.43. The Kier molecular flexibility index (Phi) is 5.64. The second-order valence-corrected chi connectivity index (χ2v) is 6.34. The summed E-state index contributed by atoms with van der Waals surface area (Å²) in [5.41, 5.74) is -1.77. The van der Waals surface area contributed by atoms with E-state index in [1.165, 1.54) is 36.0 Å². The van der Waals surface area contributed by atoms with Gasteiger partial charge in [-0.15, -0.1) is 0 Å². The molecule has 0 aliphatic rings. The first-order valence-electron chi connectivity index (χ1n) is 8.46. The summed E-state index contributed by atoms with van der Waals surface area (Å²) in [6.45, 7) is 2.52. The van der Waals surface area contributed by atoms with E-state index < -0.39 is 22.9 Å². The predicted octanol–water partition coefficient (Wildman–Crippen LogP) is 0.623. The number of hydrogen-bond acceptors (Lipinski definition) is 7. The topological polar surface area (TPSA) is 130 Å². The van der Waals surface area contributed by atoms with E-state index in [0.717, 1.165) is 22.1 Å². The highest BCUT2D eigenvalue weighted by molar-refractivity contribution is 6.30. The minimum absolute atomic E-state index is 0.0894. The van der Waals surface area contributed by atoms with Crippen molar-refractivity contribution in [3.63, 3.8) is 0 Å². The molecule has 0 saturated heterocycles. The number of aryl methyl sites for hydroxylation is 2. The Labute approximate surface area is 163 Å². The van der Waals surface area contributed by atoms with Crippen molar-refractivity contribution in [2.45, 2.75) is 26.3 Å². The number of anilines is 1. The number of nitrogens with zero attached hydrogens (tertiary/aromatic N) is 7. The van der Waals surface area contributed by atoms with Crippen molar-refractivity contribution < 1.29 is 4.79 Å². The number of rotatable bonds is 6. The molecule has 0 spiro atoms. The van der Waals surface area contributed by atoms with Crippen LogP contribution < -0.4 is 16.6 Å². The van der Waals surface area contributed by atoms with Gasteiger partial charge in [0.2, 0.25) is 11.6 Å². The third-order valence-electron chi connectivity index (χ3n) is 3.90. The van der Waals surface area contributed by atoms with E-state index in [4.69, 9.17) is 11.6 Å². The maximum absolute atomic E-state index is 12.8. The molecular formula is C16H17ClN8O3. The molecule has 1 aromatic carbocycles. The summed E-state index contributed by atoms with van der Waals surface area (Å²) in [6, 6.07) is 6.06. The maximum atomic E-state index is 12.8. The number of nitrogens with one attached hydrogen (secondary N) is 1. The van der Waals surface area contributed by atoms with Gasteiger partial charge in [0, 0.05) is 18.6 Å². The number of carbonyl (C=O) groups excluding carboxylic acids is 1. The van der Waals surface area contributed by atoms with Crippen molar-refractivity contribution in [2.75, 3.05) is 5.32 Å². The van der Waals surface area contributed by atoms with Crippen LogP contribution in [0.4, 0.5) is 5.95 Å². The van der Waals surface area contributed by atoms with E-state index in [2.05, 4.69) is 25.9 Å². The number of benzene rings is 1. The lowest BCUT2D eigenvalue weighted by atomic mass is 10.3. The molecule has 0 unspecified atom stereocenters. The van der Waals surface area contributed by atoms with Gasteiger partial charge in [-0.3, -0.25) is 14.9 Å². The first-order valence-corrected chi connectivity index (χ1v) is 8.84. The molecule has 28 heavy (non-hydrogen) atoms. The number of halogens is 1. The lowest BCUT2D eigenvalue weighted by molar-refractivity contribution is 0.101. The van der Waals surface area contributed by atoms with Gasteiger partial charge in [-0.1, -0.05) is 30.0 Å². The molecule has 1 N–H and O–H groups in total. The van der Waals surface area contributed by atoms with Crippen LogP contribution in [0.1, 0.15) is 30.3 Å². The van der Waals surface area contributed by atoms with E-state index >= 15 is 0 Å². The highest BCUT2D eigenvalue weighted by Gasteiger charge is 2.21. The van der Waals surface area contributed by atoms with Crippen LogP contribution in [-0.2, 0) is 13.6 Å². The lowest BCUT2D eigenvalue weighted by Gasteiger charge is -2.10. The maximum Gasteiger partial charge on any atom is 0.351 e. The smallest absolute Gasteiger partial charge is 0.288 e. The summed E-state index contributed by atoms with van der Waals surface area (Å²) in [5, 5.41) is 17.8. The molecule has 2 heterocycles. The fraction of sp³-hybridized carbons (Fsp3) is 0.312. The van der Waals surface area contributed by atoms with E-state index in [9.17, 15) is 14.4 Å². The molecule has 2 aromatic heterocycles. The monoisotopic (exact) mass is 404 g/mol. The second-order valence-electron chi connectivity index (χ2n) is 5.91. The molecule has 3 aromatic rings. The van der Waals surface area contributed by atoms with Gasteiger partial charge < -0.3 is 0 Å². The van der Waals surface area contributed by atoms with E-state index in [-0.39, 0.29) is 11.6 Å². The Balaban J connectivity index is 2.00. The zero-order chi connectivity index (χ0) is 20.3. The quantitative estimate of drug-likeness (QED) is 0.637. The minimum atomic E-state index is -0.865. The molecule has 1 amide bonds. The standard InChI is InChI=1S/C16H17ClN8O3/c1-3-4-9-24-15(19-21-22-24)18-13(26)12-14(27)25(16(28)23(2)20-12)11-7-5-10(17)6-8-11/h5-8H,3-4,9H2,1-2H3,(H,18,19,22,26). The molecule has 12 heteroatoms. The SMILES string of the molecule is CCCCn1nnnc1NC(=O)c1nn(C)c(=O)n(-c2ccc(Cl)cc2)c1=O. The third kappa shape index (κ3) is 3.83. The number of amides is 1. The molecule has 0 aliphatic carbocycles. The molecule has 3 rings (SSSR count). The molecule has 0 fully saturated rings. The zero-order valence-corrected chi connectivity index (χ0v) is 15.9. The van der Waals surface area contributed by atoms with Gasteiger partial charge in [0.05, 0.1) is 5.69 Å². The second kappa shape index (κ2) is 8.13. The van der Waals surface area contributed by atoms with Gasteiger partial charge in [0.1, 0.15) is 0 Å². The number of unbranched alkanes of at least 4 members (excludes halogenated alkanes) is 1. The normalized spacial score (nSPS) is 10.8. The molecule has 0 aliphatic heterocycles. The Morgan fingerprint density at radius 1 is 1.21 bits per heavy atom. The van der Waals surface area contributed by atoms with E-state index in [1.807, 2.05) is 6.92 Å². The fourth-order valence-electron chi connectivity index (χ4n) is 2.45. The molecule has 0 bridgehead atoms. The Bertz CT molecular complexity index is 1120. The summed E-state index contributed by atoms with van der Waals surface area (Å²) < 4.78 is 3.17. The van der Waals surface area contributed by atoms with Gasteiger partial charge >= 0.3 is 5.69 Å². The van der Waals surface area contributed by atoms with Gasteiger partial charge in [-0.05, 0) is 41.1 Å². The van der Waals surface area contributed by atoms with Crippen molar-refractivity contribution in [1.82, 2.24) is 34.6 Å². The van der Waals surface area contributed by atoms with Gasteiger partial charge in [0.25, 0.3) is 11.5 Å². The van der Waals surface area contributed by atoms with Gasteiger partial charge in [0.15, 0.2) is 0 Å². The number of carbonyl (C=O) groups is 1. The van der Waals surface area contributed by atoms with Crippen LogP contribution in [0.5, 0.6) is 0 Å². The molecule has 0 saturated carbocycles. The summed E-state index contributed by atoms with van der Waals surface area (Å²) >= 11 is 5.85. The minimum Gasteiger partial charge on any atom is -0.288 e. The zero-order valence-electron chi connectivity index (χ0n) is 15.2. The van der Waals surface area contributed by atoms with Crippen LogP contribution in [0.15, 0.2) is 33.9 Å². The fourth-order valence-corrected chi connectivity index (χ4v) is 2.57. The third-order valence-corrected chi connectivity index (χ3v) is 4.16. The van der Waals surface area contributed by atoms with Crippen molar-refractivity contribution in [2.24, 2.45) is 7.05 Å². The Morgan fingerprint density at radius 2 is 1.93 bits per heavy atom. The van der Waals surface area contributed by atoms with Gasteiger partial charge in [-0.25, -0.2) is 18.7 Å². The predicted molar refractivity (Wildman–Crippen MR) is 101 cm³/mol. The molecule has 11 nitrogen and oxygen atoms in total. The number of hydrogen-bond donors (Lipinski definition) is 1. The first-order chi connectivity index (χ1) is 13.4.